The van der Waals surface area contributed by atoms with Crippen molar-refractivity contribution < 1.29 is 4.79 Å². The first kappa shape index (κ1) is 12.5. The molecule has 0 aromatic heterocycles. The Balaban J connectivity index is 2.45. The molecule has 2 aromatic carbocycles. The summed E-state index contributed by atoms with van der Waals surface area (Å²) in [7, 11) is 0. The fraction of sp³-hybridized carbons (Fsp3) is 0.188. The number of nitrogens with two attached hydrogens (primary N) is 1. The van der Waals surface area contributed by atoms with Crippen LogP contribution in [0.15, 0.2) is 60.7 Å². The first-order valence-electron chi connectivity index (χ1n) is 6.06. The van der Waals surface area contributed by atoms with E-state index in [1.165, 1.54) is 0 Å². The molecule has 1 unspecified atom stereocenters. The van der Waals surface area contributed by atoms with Gasteiger partial charge in [-0.2, -0.15) is 0 Å². The maximum absolute atomic E-state index is 11.6. The Kier molecular flexibility index (Phi) is 3.90. The van der Waals surface area contributed by atoms with E-state index in [1.54, 1.807) is 6.92 Å². The average Bonchev–Trinajstić information content (AvgIpc) is 2.41. The van der Waals surface area contributed by atoms with Gasteiger partial charge in [0.05, 0.1) is 6.04 Å². The van der Waals surface area contributed by atoms with E-state index in [1.807, 2.05) is 60.7 Å². The van der Waals surface area contributed by atoms with E-state index in [9.17, 15) is 4.79 Å². The van der Waals surface area contributed by atoms with E-state index in [4.69, 9.17) is 5.73 Å². The monoisotopic (exact) mass is 239 g/mol. The van der Waals surface area contributed by atoms with Gasteiger partial charge in [-0.15, -0.1) is 0 Å². The van der Waals surface area contributed by atoms with Crippen LogP contribution in [0.3, 0.4) is 0 Å². The molecular weight excluding hydrogens is 222 g/mol. The summed E-state index contributed by atoms with van der Waals surface area (Å²) in [6.45, 7) is 1.55. The summed E-state index contributed by atoms with van der Waals surface area (Å²) >= 11 is 0. The van der Waals surface area contributed by atoms with E-state index < -0.39 is 6.04 Å². The fourth-order valence-electron chi connectivity index (χ4n) is 2.16. The largest absolute Gasteiger partial charge is 0.321 e. The van der Waals surface area contributed by atoms with Gasteiger partial charge in [-0.25, -0.2) is 0 Å². The topological polar surface area (TPSA) is 43.1 Å². The smallest absolute Gasteiger partial charge is 0.147 e. The highest BCUT2D eigenvalue weighted by Gasteiger charge is 2.24. The van der Waals surface area contributed by atoms with E-state index in [0.29, 0.717) is 0 Å². The molecule has 2 N–H and O–H groups in total. The molecule has 2 aromatic rings. The summed E-state index contributed by atoms with van der Waals surface area (Å²) in [5.41, 5.74) is 8.23. The Bertz CT molecular complexity index is 468. The number of Topliss-reactive ketones (excluding diaryl/α,β-unsaturated/α-hetero) is 1. The summed E-state index contributed by atoms with van der Waals surface area (Å²) in [5.74, 6) is -0.0717. The second-order valence-electron chi connectivity index (χ2n) is 4.44. The number of benzene rings is 2. The predicted molar refractivity (Wildman–Crippen MR) is 73.4 cm³/mol. The van der Waals surface area contributed by atoms with Crippen molar-refractivity contribution in [3.63, 3.8) is 0 Å². The van der Waals surface area contributed by atoms with Gasteiger partial charge in [0.25, 0.3) is 0 Å². The van der Waals surface area contributed by atoms with Crippen LogP contribution in [-0.4, -0.2) is 11.8 Å². The summed E-state index contributed by atoms with van der Waals surface area (Å²) in [6, 6.07) is 19.4. The molecule has 0 saturated carbocycles. The minimum atomic E-state index is -0.505. The van der Waals surface area contributed by atoms with Crippen LogP contribution in [0, 0.1) is 0 Å². The zero-order valence-electron chi connectivity index (χ0n) is 10.4. The van der Waals surface area contributed by atoms with Crippen LogP contribution in [-0.2, 0) is 4.79 Å². The minimum absolute atomic E-state index is 0.00714. The molecule has 0 fully saturated rings. The maximum atomic E-state index is 11.6. The van der Waals surface area contributed by atoms with Gasteiger partial charge in [-0.3, -0.25) is 4.79 Å². The molecule has 0 heterocycles. The lowest BCUT2D eigenvalue weighted by Crippen LogP contribution is -2.35. The lowest BCUT2D eigenvalue weighted by atomic mass is 9.84. The lowest BCUT2D eigenvalue weighted by Gasteiger charge is -2.23. The van der Waals surface area contributed by atoms with Crippen molar-refractivity contribution in [1.29, 1.82) is 0 Å². The summed E-state index contributed by atoms with van der Waals surface area (Å²) in [6.07, 6.45) is 0. The molecule has 2 nitrogen and oxygen atoms in total. The quantitative estimate of drug-likeness (QED) is 0.891. The highest BCUT2D eigenvalue weighted by Crippen LogP contribution is 2.27. The van der Waals surface area contributed by atoms with Crippen molar-refractivity contribution in [1.82, 2.24) is 0 Å². The normalized spacial score (nSPS) is 12.4. The van der Waals surface area contributed by atoms with E-state index in [0.717, 1.165) is 11.1 Å². The summed E-state index contributed by atoms with van der Waals surface area (Å²) in [4.78, 5) is 11.6. The van der Waals surface area contributed by atoms with Gasteiger partial charge in [0.2, 0.25) is 0 Å². The standard InChI is InChI=1S/C16H17NO/c1-12(18)16(17)15(13-8-4-2-5-9-13)14-10-6-3-7-11-14/h2-11,15-16H,17H2,1H3. The van der Waals surface area contributed by atoms with Gasteiger partial charge in [-0.05, 0) is 18.1 Å². The van der Waals surface area contributed by atoms with Crippen molar-refractivity contribution in [2.24, 2.45) is 5.73 Å². The van der Waals surface area contributed by atoms with Gasteiger partial charge in [-0.1, -0.05) is 60.7 Å². The molecule has 0 spiro atoms. The van der Waals surface area contributed by atoms with Crippen LogP contribution < -0.4 is 5.73 Å². The summed E-state index contributed by atoms with van der Waals surface area (Å²) in [5, 5.41) is 0. The SMILES string of the molecule is CC(=O)C(N)C(c1ccccc1)c1ccccc1. The van der Waals surface area contributed by atoms with Crippen LogP contribution in [0.5, 0.6) is 0 Å². The van der Waals surface area contributed by atoms with E-state index in [-0.39, 0.29) is 11.7 Å². The molecular formula is C16H17NO. The Morgan fingerprint density at radius 2 is 1.28 bits per heavy atom. The molecule has 0 radical (unpaired) electrons. The van der Waals surface area contributed by atoms with Crippen LogP contribution in [0.1, 0.15) is 24.0 Å². The van der Waals surface area contributed by atoms with Crippen molar-refractivity contribution in [3.05, 3.63) is 71.8 Å². The Morgan fingerprint density at radius 1 is 0.889 bits per heavy atom. The van der Waals surface area contributed by atoms with Gasteiger partial charge in [0.15, 0.2) is 0 Å². The maximum Gasteiger partial charge on any atom is 0.147 e. The second kappa shape index (κ2) is 5.61. The molecule has 0 aliphatic carbocycles. The molecule has 1 atom stereocenters. The Hall–Kier alpha value is -1.93. The third kappa shape index (κ3) is 2.66. The van der Waals surface area contributed by atoms with Gasteiger partial charge < -0.3 is 5.73 Å². The number of carbonyl (C=O) groups is 1. The Morgan fingerprint density at radius 3 is 1.61 bits per heavy atom. The number of hydrogen-bond donors (Lipinski definition) is 1. The number of rotatable bonds is 4. The second-order valence-corrected chi connectivity index (χ2v) is 4.44. The third-order valence-corrected chi connectivity index (χ3v) is 3.15. The number of hydrogen-bond acceptors (Lipinski definition) is 2. The van der Waals surface area contributed by atoms with Crippen molar-refractivity contribution in [3.8, 4) is 0 Å². The highest BCUT2D eigenvalue weighted by molar-refractivity contribution is 5.83. The average molecular weight is 239 g/mol. The third-order valence-electron chi connectivity index (χ3n) is 3.15. The molecule has 0 saturated heterocycles. The van der Waals surface area contributed by atoms with Crippen LogP contribution >= 0.6 is 0 Å². The van der Waals surface area contributed by atoms with Crippen molar-refractivity contribution in [2.45, 2.75) is 18.9 Å². The predicted octanol–water partition coefficient (Wildman–Crippen LogP) is 2.73. The molecule has 92 valence electrons. The molecule has 0 amide bonds. The zero-order chi connectivity index (χ0) is 13.0. The molecule has 0 aliphatic heterocycles. The van der Waals surface area contributed by atoms with Crippen LogP contribution in [0.25, 0.3) is 0 Å². The number of carbonyl (C=O) groups excluding carboxylic acids is 1. The zero-order valence-corrected chi connectivity index (χ0v) is 10.4. The minimum Gasteiger partial charge on any atom is -0.321 e. The lowest BCUT2D eigenvalue weighted by molar-refractivity contribution is -0.118. The van der Waals surface area contributed by atoms with Gasteiger partial charge >= 0.3 is 0 Å². The molecule has 18 heavy (non-hydrogen) atoms. The first-order chi connectivity index (χ1) is 8.70. The van der Waals surface area contributed by atoms with Crippen molar-refractivity contribution in [2.75, 3.05) is 0 Å². The fourth-order valence-corrected chi connectivity index (χ4v) is 2.16. The molecule has 2 heteroatoms. The number of ketones is 1. The first-order valence-corrected chi connectivity index (χ1v) is 6.06. The highest BCUT2D eigenvalue weighted by atomic mass is 16.1. The molecule has 0 bridgehead atoms. The summed E-state index contributed by atoms with van der Waals surface area (Å²) < 4.78 is 0. The van der Waals surface area contributed by atoms with Crippen LogP contribution in [0.2, 0.25) is 0 Å². The van der Waals surface area contributed by atoms with Gasteiger partial charge in [0, 0.05) is 5.92 Å². The van der Waals surface area contributed by atoms with Crippen molar-refractivity contribution >= 4 is 5.78 Å². The van der Waals surface area contributed by atoms with Gasteiger partial charge in [0.1, 0.15) is 5.78 Å². The van der Waals surface area contributed by atoms with E-state index in [2.05, 4.69) is 0 Å². The molecule has 0 aliphatic rings. The Labute approximate surface area is 107 Å². The van der Waals surface area contributed by atoms with E-state index >= 15 is 0 Å². The molecule has 2 rings (SSSR count). The van der Waals surface area contributed by atoms with Crippen LogP contribution in [0.4, 0.5) is 0 Å².